The van der Waals surface area contributed by atoms with Gasteiger partial charge in [0.2, 0.25) is 5.95 Å². The molecule has 1 aliphatic heterocycles. The summed E-state index contributed by atoms with van der Waals surface area (Å²) in [5, 5.41) is 9.46. The normalized spacial score (nSPS) is 15.0. The topological polar surface area (TPSA) is 52.0 Å². The molecular weight excluding hydrogens is 443 g/mol. The van der Waals surface area contributed by atoms with E-state index >= 15 is 0 Å². The van der Waals surface area contributed by atoms with E-state index in [1.165, 1.54) is 5.56 Å². The van der Waals surface area contributed by atoms with E-state index in [-0.39, 0.29) is 6.04 Å². The predicted octanol–water partition coefficient (Wildman–Crippen LogP) is 6.62. The molecule has 0 saturated carbocycles. The predicted molar refractivity (Wildman–Crippen MR) is 129 cm³/mol. The number of methoxy groups -OCH3 is 1. The van der Waals surface area contributed by atoms with Crippen molar-refractivity contribution in [2.75, 3.05) is 12.4 Å². The van der Waals surface area contributed by atoms with E-state index in [1.807, 2.05) is 47.1 Å². The summed E-state index contributed by atoms with van der Waals surface area (Å²) in [6.07, 6.45) is 2.08. The van der Waals surface area contributed by atoms with Crippen LogP contribution in [0.1, 0.15) is 22.7 Å². The van der Waals surface area contributed by atoms with Crippen molar-refractivity contribution in [3.05, 3.63) is 99.5 Å². The van der Waals surface area contributed by atoms with Gasteiger partial charge in [0.25, 0.3) is 0 Å². The number of ether oxygens (including phenoxy) is 1. The summed E-state index contributed by atoms with van der Waals surface area (Å²) in [5.41, 5.74) is 4.89. The fourth-order valence-electron chi connectivity index (χ4n) is 3.72. The molecule has 1 N–H and O–H groups in total. The summed E-state index contributed by atoms with van der Waals surface area (Å²) in [7, 11) is 1.65. The van der Waals surface area contributed by atoms with Crippen LogP contribution in [0.5, 0.6) is 5.75 Å². The van der Waals surface area contributed by atoms with Gasteiger partial charge in [-0.25, -0.2) is 4.68 Å². The quantitative estimate of drug-likeness (QED) is 0.369. The first-order chi connectivity index (χ1) is 15.5. The number of nitrogens with zero attached hydrogens (tertiary/aromatic N) is 3. The van der Waals surface area contributed by atoms with Gasteiger partial charge in [0.1, 0.15) is 11.8 Å². The molecule has 7 heteroatoms. The maximum absolute atomic E-state index is 6.58. The van der Waals surface area contributed by atoms with Gasteiger partial charge < -0.3 is 10.1 Å². The lowest BCUT2D eigenvalue weighted by Gasteiger charge is -2.25. The highest BCUT2D eigenvalue weighted by Crippen LogP contribution is 2.37. The van der Waals surface area contributed by atoms with Crippen LogP contribution in [0, 0.1) is 6.92 Å². The van der Waals surface area contributed by atoms with Crippen molar-refractivity contribution in [3.63, 3.8) is 0 Å². The van der Waals surface area contributed by atoms with Gasteiger partial charge in [-0.2, -0.15) is 4.98 Å². The van der Waals surface area contributed by atoms with Crippen molar-refractivity contribution in [1.82, 2.24) is 14.8 Å². The second-order valence-corrected chi connectivity index (χ2v) is 8.46. The fraction of sp³-hybridized carbons (Fsp3) is 0.120. The Hall–Kier alpha value is -3.28. The van der Waals surface area contributed by atoms with E-state index in [4.69, 9.17) is 38.0 Å². The Labute approximate surface area is 196 Å². The molecule has 1 aromatic heterocycles. The summed E-state index contributed by atoms with van der Waals surface area (Å²) < 4.78 is 7.14. The van der Waals surface area contributed by atoms with Gasteiger partial charge in [-0.3, -0.25) is 0 Å². The van der Waals surface area contributed by atoms with E-state index < -0.39 is 0 Å². The van der Waals surface area contributed by atoms with Crippen molar-refractivity contribution >= 4 is 34.8 Å². The zero-order chi connectivity index (χ0) is 22.2. The van der Waals surface area contributed by atoms with Gasteiger partial charge in [-0.05, 0) is 61.0 Å². The molecule has 160 valence electrons. The van der Waals surface area contributed by atoms with Gasteiger partial charge >= 0.3 is 0 Å². The highest BCUT2D eigenvalue weighted by molar-refractivity contribution is 6.33. The number of anilines is 1. The molecule has 5 rings (SSSR count). The minimum absolute atomic E-state index is 0.277. The Morgan fingerprint density at radius 1 is 0.938 bits per heavy atom. The second-order valence-electron chi connectivity index (χ2n) is 7.61. The number of nitrogens with one attached hydrogen (secondary N) is 1. The highest BCUT2D eigenvalue weighted by Gasteiger charge is 2.27. The van der Waals surface area contributed by atoms with Crippen LogP contribution in [0.15, 0.2) is 72.8 Å². The van der Waals surface area contributed by atoms with E-state index in [2.05, 4.69) is 30.4 Å². The van der Waals surface area contributed by atoms with Crippen molar-refractivity contribution < 1.29 is 4.74 Å². The molecule has 0 bridgehead atoms. The lowest BCUT2D eigenvalue weighted by Crippen LogP contribution is -2.20. The first-order valence-electron chi connectivity index (χ1n) is 10.1. The summed E-state index contributed by atoms with van der Waals surface area (Å²) in [6.45, 7) is 2.05. The number of benzene rings is 3. The van der Waals surface area contributed by atoms with Crippen molar-refractivity contribution in [2.24, 2.45) is 0 Å². The number of fused-ring (bicyclic) bond motifs is 1. The number of aromatic nitrogens is 3. The van der Waals surface area contributed by atoms with Crippen LogP contribution in [0.4, 0.5) is 5.95 Å². The Morgan fingerprint density at radius 3 is 2.38 bits per heavy atom. The average molecular weight is 463 g/mol. The third-order valence-electron chi connectivity index (χ3n) is 5.45. The van der Waals surface area contributed by atoms with E-state index in [9.17, 15) is 0 Å². The molecule has 4 aromatic rings. The third kappa shape index (κ3) is 3.85. The Morgan fingerprint density at radius 2 is 1.66 bits per heavy atom. The molecule has 0 saturated heterocycles. The monoisotopic (exact) mass is 462 g/mol. The molecular formula is C25H20Cl2N4O. The SMILES string of the molecule is COc1ccc(C2=C[C@H](c3cc(Cl)ccc3Cl)n3nc(-c4ccc(C)cc4)nc3N2)cc1. The van der Waals surface area contributed by atoms with E-state index in [1.54, 1.807) is 19.2 Å². The van der Waals surface area contributed by atoms with Gasteiger partial charge in [-0.1, -0.05) is 53.0 Å². The molecule has 0 spiro atoms. The largest absolute Gasteiger partial charge is 0.497 e. The number of rotatable bonds is 4. The maximum Gasteiger partial charge on any atom is 0.227 e. The third-order valence-corrected chi connectivity index (χ3v) is 6.03. The Kier molecular flexibility index (Phi) is 5.37. The molecule has 5 nitrogen and oxygen atoms in total. The minimum Gasteiger partial charge on any atom is -0.497 e. The zero-order valence-corrected chi connectivity index (χ0v) is 19.0. The first-order valence-corrected chi connectivity index (χ1v) is 10.9. The van der Waals surface area contributed by atoms with Crippen LogP contribution in [0.2, 0.25) is 10.0 Å². The van der Waals surface area contributed by atoms with Gasteiger partial charge in [-0.15, -0.1) is 5.10 Å². The summed E-state index contributed by atoms with van der Waals surface area (Å²) in [4.78, 5) is 4.79. The maximum atomic E-state index is 6.58. The highest BCUT2D eigenvalue weighted by atomic mass is 35.5. The minimum atomic E-state index is -0.277. The molecule has 3 aromatic carbocycles. The van der Waals surface area contributed by atoms with E-state index in [0.29, 0.717) is 21.8 Å². The smallest absolute Gasteiger partial charge is 0.227 e. The number of aryl methyl sites for hydroxylation is 1. The van der Waals surface area contributed by atoms with Crippen LogP contribution < -0.4 is 10.1 Å². The molecule has 1 atom stereocenters. The van der Waals surface area contributed by atoms with Crippen molar-refractivity contribution in [1.29, 1.82) is 0 Å². The summed E-state index contributed by atoms with van der Waals surface area (Å²) >= 11 is 12.9. The number of hydrogen-bond acceptors (Lipinski definition) is 4. The molecule has 1 aliphatic rings. The van der Waals surface area contributed by atoms with Gasteiger partial charge in [0.15, 0.2) is 5.82 Å². The molecule has 2 heterocycles. The number of allylic oxidation sites excluding steroid dienone is 1. The van der Waals surface area contributed by atoms with E-state index in [0.717, 1.165) is 28.1 Å². The zero-order valence-electron chi connectivity index (χ0n) is 17.5. The fourth-order valence-corrected chi connectivity index (χ4v) is 4.13. The molecule has 0 amide bonds. The van der Waals surface area contributed by atoms with Crippen molar-refractivity contribution in [3.8, 4) is 17.1 Å². The number of halogens is 2. The molecule has 0 aliphatic carbocycles. The Balaban J connectivity index is 1.63. The van der Waals surface area contributed by atoms with Gasteiger partial charge in [0, 0.05) is 26.9 Å². The van der Waals surface area contributed by atoms with Crippen molar-refractivity contribution in [2.45, 2.75) is 13.0 Å². The lowest BCUT2D eigenvalue weighted by atomic mass is 10.0. The van der Waals surface area contributed by atoms with Crippen LogP contribution >= 0.6 is 23.2 Å². The summed E-state index contributed by atoms with van der Waals surface area (Å²) in [6, 6.07) is 21.2. The van der Waals surface area contributed by atoms with Crippen LogP contribution in [-0.2, 0) is 0 Å². The second kappa shape index (κ2) is 8.34. The number of hydrogen-bond donors (Lipinski definition) is 1. The average Bonchev–Trinajstić information content (AvgIpc) is 3.25. The molecule has 0 fully saturated rings. The lowest BCUT2D eigenvalue weighted by molar-refractivity contribution is 0.415. The van der Waals surface area contributed by atoms with Crippen LogP contribution in [0.3, 0.4) is 0 Å². The van der Waals surface area contributed by atoms with Gasteiger partial charge in [0.05, 0.1) is 7.11 Å². The van der Waals surface area contributed by atoms with Crippen LogP contribution in [-0.4, -0.2) is 21.9 Å². The summed E-state index contributed by atoms with van der Waals surface area (Å²) in [5.74, 6) is 2.07. The first kappa shape index (κ1) is 20.6. The molecule has 32 heavy (non-hydrogen) atoms. The van der Waals surface area contributed by atoms with Crippen LogP contribution in [0.25, 0.3) is 17.1 Å². The molecule has 0 unspecified atom stereocenters. The molecule has 0 radical (unpaired) electrons. The standard InChI is InChI=1S/C25H20Cl2N4O/c1-15-3-5-17(6-4-15)24-29-25-28-22(16-7-10-19(32-2)11-8-16)14-23(31(25)30-24)20-13-18(26)9-12-21(20)27/h3-14,23H,1-2H3,(H,28,29,30)/t23-/m1/s1. The Bertz CT molecular complexity index is 1310.